The van der Waals surface area contributed by atoms with Gasteiger partial charge in [0.05, 0.1) is 12.1 Å². The first-order valence-electron chi connectivity index (χ1n) is 7.45. The summed E-state index contributed by atoms with van der Waals surface area (Å²) < 4.78 is 0. The fourth-order valence-corrected chi connectivity index (χ4v) is 2.96. The Hall–Kier alpha value is -1.39. The zero-order valence-corrected chi connectivity index (χ0v) is 12.2. The molecule has 1 fully saturated rings. The number of benzene rings is 1. The topological polar surface area (TPSA) is 52.6 Å². The quantitative estimate of drug-likeness (QED) is 0.861. The van der Waals surface area contributed by atoms with Crippen LogP contribution in [0.2, 0.25) is 0 Å². The fraction of sp³-hybridized carbons (Fsp3) is 0.562. The second-order valence-corrected chi connectivity index (χ2v) is 5.25. The number of aliphatic hydroxyl groups excluding tert-OH is 1. The van der Waals surface area contributed by atoms with E-state index in [4.69, 9.17) is 0 Å². The Morgan fingerprint density at radius 2 is 2.10 bits per heavy atom. The minimum Gasteiger partial charge on any atom is -0.391 e. The minimum atomic E-state index is -0.565. The molecule has 2 N–H and O–H groups in total. The largest absolute Gasteiger partial charge is 0.391 e. The van der Waals surface area contributed by atoms with Gasteiger partial charge in [0.25, 0.3) is 0 Å². The summed E-state index contributed by atoms with van der Waals surface area (Å²) in [6.45, 7) is 5.44. The van der Waals surface area contributed by atoms with E-state index < -0.39 is 12.1 Å². The summed E-state index contributed by atoms with van der Waals surface area (Å²) in [5.41, 5.74) is 1.15. The number of likely N-dealkylation sites (N-methyl/N-ethyl adjacent to an activating group) is 1. The van der Waals surface area contributed by atoms with Gasteiger partial charge in [-0.15, -0.1) is 0 Å². The normalized spacial score (nSPS) is 23.6. The van der Waals surface area contributed by atoms with Crippen molar-refractivity contribution in [2.45, 2.75) is 44.9 Å². The SMILES string of the molecule is CCC(c1ccccc1)N(CC)C(=O)[C@H]1NCCC1O. The van der Waals surface area contributed by atoms with Crippen molar-refractivity contribution in [1.29, 1.82) is 0 Å². The highest BCUT2D eigenvalue weighted by molar-refractivity contribution is 5.83. The highest BCUT2D eigenvalue weighted by Gasteiger charge is 2.35. The molecule has 0 spiro atoms. The summed E-state index contributed by atoms with van der Waals surface area (Å²) >= 11 is 0. The molecule has 1 aliphatic heterocycles. The number of hydrogen-bond donors (Lipinski definition) is 2. The van der Waals surface area contributed by atoms with Crippen LogP contribution in [0.3, 0.4) is 0 Å². The van der Waals surface area contributed by atoms with Crippen molar-refractivity contribution in [1.82, 2.24) is 10.2 Å². The van der Waals surface area contributed by atoms with Crippen LogP contribution in [-0.4, -0.2) is 41.1 Å². The summed E-state index contributed by atoms with van der Waals surface area (Å²) in [6.07, 6.45) is 0.951. The molecule has 2 rings (SSSR count). The Labute approximate surface area is 120 Å². The zero-order valence-electron chi connectivity index (χ0n) is 12.2. The van der Waals surface area contributed by atoms with Crippen molar-refractivity contribution in [3.8, 4) is 0 Å². The van der Waals surface area contributed by atoms with E-state index in [1.165, 1.54) is 0 Å². The van der Waals surface area contributed by atoms with E-state index in [-0.39, 0.29) is 11.9 Å². The number of nitrogens with zero attached hydrogens (tertiary/aromatic N) is 1. The first-order valence-corrected chi connectivity index (χ1v) is 7.45. The molecule has 1 aromatic rings. The molecule has 4 heteroatoms. The van der Waals surface area contributed by atoms with Gasteiger partial charge in [0.1, 0.15) is 6.04 Å². The van der Waals surface area contributed by atoms with Gasteiger partial charge < -0.3 is 15.3 Å². The van der Waals surface area contributed by atoms with Gasteiger partial charge in [-0.05, 0) is 31.9 Å². The number of hydrogen-bond acceptors (Lipinski definition) is 3. The zero-order chi connectivity index (χ0) is 14.5. The van der Waals surface area contributed by atoms with Crippen LogP contribution in [0.5, 0.6) is 0 Å². The van der Waals surface area contributed by atoms with Gasteiger partial charge in [-0.1, -0.05) is 37.3 Å². The molecule has 0 aromatic heterocycles. The maximum atomic E-state index is 12.7. The maximum absolute atomic E-state index is 12.7. The second-order valence-electron chi connectivity index (χ2n) is 5.25. The minimum absolute atomic E-state index is 0.00760. The van der Waals surface area contributed by atoms with E-state index in [0.717, 1.165) is 12.0 Å². The van der Waals surface area contributed by atoms with Crippen LogP contribution in [0.15, 0.2) is 30.3 Å². The highest BCUT2D eigenvalue weighted by atomic mass is 16.3. The van der Waals surface area contributed by atoms with Gasteiger partial charge in [-0.2, -0.15) is 0 Å². The second kappa shape index (κ2) is 6.86. The number of aliphatic hydroxyl groups is 1. The summed E-state index contributed by atoms with van der Waals surface area (Å²) in [4.78, 5) is 14.5. The third kappa shape index (κ3) is 3.02. The molecule has 1 amide bonds. The Balaban J connectivity index is 2.19. The monoisotopic (exact) mass is 276 g/mol. The lowest BCUT2D eigenvalue weighted by Gasteiger charge is -2.33. The Morgan fingerprint density at radius 3 is 2.60 bits per heavy atom. The summed E-state index contributed by atoms with van der Waals surface area (Å²) in [6, 6.07) is 9.72. The fourth-order valence-electron chi connectivity index (χ4n) is 2.96. The van der Waals surface area contributed by atoms with Crippen molar-refractivity contribution < 1.29 is 9.90 Å². The van der Waals surface area contributed by atoms with Crippen molar-refractivity contribution >= 4 is 5.91 Å². The van der Waals surface area contributed by atoms with Crippen LogP contribution in [0.1, 0.15) is 38.3 Å². The van der Waals surface area contributed by atoms with Gasteiger partial charge in [0.2, 0.25) is 5.91 Å². The molecule has 110 valence electrons. The lowest BCUT2D eigenvalue weighted by molar-refractivity contribution is -0.137. The molecular weight excluding hydrogens is 252 g/mol. The van der Waals surface area contributed by atoms with E-state index in [9.17, 15) is 9.90 Å². The van der Waals surface area contributed by atoms with Crippen LogP contribution in [0.4, 0.5) is 0 Å². The molecule has 0 bridgehead atoms. The van der Waals surface area contributed by atoms with Crippen molar-refractivity contribution in [2.75, 3.05) is 13.1 Å². The molecular formula is C16H24N2O2. The number of carbonyl (C=O) groups excluding carboxylic acids is 1. The van der Waals surface area contributed by atoms with Crippen molar-refractivity contribution in [2.24, 2.45) is 0 Å². The Morgan fingerprint density at radius 1 is 1.40 bits per heavy atom. The van der Waals surface area contributed by atoms with Crippen LogP contribution in [-0.2, 0) is 4.79 Å². The third-order valence-electron chi connectivity index (χ3n) is 4.03. The molecule has 1 heterocycles. The Kier molecular flexibility index (Phi) is 5.15. The van der Waals surface area contributed by atoms with Crippen LogP contribution >= 0.6 is 0 Å². The summed E-state index contributed by atoms with van der Waals surface area (Å²) in [5.74, 6) is 0.00760. The molecule has 20 heavy (non-hydrogen) atoms. The summed E-state index contributed by atoms with van der Waals surface area (Å²) in [5, 5.41) is 13.0. The van der Waals surface area contributed by atoms with Crippen molar-refractivity contribution in [3.63, 3.8) is 0 Å². The molecule has 1 aliphatic rings. The van der Waals surface area contributed by atoms with Gasteiger partial charge in [0.15, 0.2) is 0 Å². The molecule has 1 saturated heterocycles. The van der Waals surface area contributed by atoms with E-state index >= 15 is 0 Å². The average Bonchev–Trinajstić information content (AvgIpc) is 2.91. The molecule has 1 aromatic carbocycles. The average molecular weight is 276 g/mol. The molecule has 0 radical (unpaired) electrons. The molecule has 0 aliphatic carbocycles. The van der Waals surface area contributed by atoms with Gasteiger partial charge in [-0.25, -0.2) is 0 Å². The predicted octanol–water partition coefficient (Wildman–Crippen LogP) is 1.71. The first-order chi connectivity index (χ1) is 9.69. The van der Waals surface area contributed by atoms with Crippen LogP contribution in [0, 0.1) is 0 Å². The highest BCUT2D eigenvalue weighted by Crippen LogP contribution is 2.25. The molecule has 3 atom stereocenters. The van der Waals surface area contributed by atoms with E-state index in [1.807, 2.05) is 30.0 Å². The predicted molar refractivity (Wildman–Crippen MR) is 79.3 cm³/mol. The number of carbonyl (C=O) groups is 1. The van der Waals surface area contributed by atoms with Crippen LogP contribution < -0.4 is 5.32 Å². The smallest absolute Gasteiger partial charge is 0.242 e. The third-order valence-corrected chi connectivity index (χ3v) is 4.03. The number of nitrogens with one attached hydrogen (secondary N) is 1. The van der Waals surface area contributed by atoms with Gasteiger partial charge in [0, 0.05) is 6.54 Å². The van der Waals surface area contributed by atoms with Crippen LogP contribution in [0.25, 0.3) is 0 Å². The molecule has 0 saturated carbocycles. The standard InChI is InChI=1S/C16H24N2O2/c1-3-13(12-8-6-5-7-9-12)18(4-2)16(20)15-14(19)10-11-17-15/h5-9,13-15,17,19H,3-4,10-11H2,1-2H3/t13?,14?,15-/m0/s1. The number of amides is 1. The first kappa shape index (κ1) is 15.0. The Bertz CT molecular complexity index is 435. The van der Waals surface area contributed by atoms with E-state index in [2.05, 4.69) is 24.4 Å². The molecule has 2 unspecified atom stereocenters. The van der Waals surface area contributed by atoms with Gasteiger partial charge in [-0.3, -0.25) is 4.79 Å². The number of rotatable bonds is 5. The molecule has 4 nitrogen and oxygen atoms in total. The maximum Gasteiger partial charge on any atom is 0.242 e. The lowest BCUT2D eigenvalue weighted by Crippen LogP contribution is -2.49. The van der Waals surface area contributed by atoms with E-state index in [0.29, 0.717) is 19.5 Å². The lowest BCUT2D eigenvalue weighted by atomic mass is 10.0. The van der Waals surface area contributed by atoms with Gasteiger partial charge >= 0.3 is 0 Å². The van der Waals surface area contributed by atoms with E-state index in [1.54, 1.807) is 0 Å². The summed E-state index contributed by atoms with van der Waals surface area (Å²) in [7, 11) is 0. The van der Waals surface area contributed by atoms with Crippen molar-refractivity contribution in [3.05, 3.63) is 35.9 Å².